The number of nitrogens with one attached hydrogen (secondary N) is 1. The third-order valence-electron chi connectivity index (χ3n) is 3.69. The van der Waals surface area contributed by atoms with Crippen LogP contribution in [0.3, 0.4) is 0 Å². The second kappa shape index (κ2) is 5.68. The number of aryl methyl sites for hydroxylation is 1. The molecule has 3 aromatic rings. The van der Waals surface area contributed by atoms with Gasteiger partial charge in [0.2, 0.25) is 0 Å². The molecule has 1 aromatic carbocycles. The Labute approximate surface area is 134 Å². The third kappa shape index (κ3) is 2.47. The molecule has 2 aromatic heterocycles. The average molecular weight is 338 g/mol. The Bertz CT molecular complexity index is 1020. The van der Waals surface area contributed by atoms with Crippen LogP contribution in [0, 0.1) is 12.7 Å². The van der Waals surface area contributed by atoms with Crippen molar-refractivity contribution in [2.45, 2.75) is 13.5 Å². The Morgan fingerprint density at radius 2 is 2.04 bits per heavy atom. The summed E-state index contributed by atoms with van der Waals surface area (Å²) in [6.45, 7) is 1.47. The van der Waals surface area contributed by atoms with E-state index in [1.54, 1.807) is 6.92 Å². The van der Waals surface area contributed by atoms with Crippen LogP contribution >= 0.6 is 11.6 Å². The van der Waals surface area contributed by atoms with E-state index in [0.29, 0.717) is 11.2 Å². The zero-order valence-electron chi connectivity index (χ0n) is 12.1. The maximum absolute atomic E-state index is 14.1. The number of aliphatic hydroxyl groups excluding tert-OH is 1. The maximum Gasteiger partial charge on any atom is 0.280 e. The molecule has 0 unspecified atom stereocenters. The number of fused-ring (bicyclic) bond motifs is 1. The van der Waals surface area contributed by atoms with E-state index in [9.17, 15) is 14.0 Å². The summed E-state index contributed by atoms with van der Waals surface area (Å²) >= 11 is 5.72. The smallest absolute Gasteiger partial charge is 0.280 e. The van der Waals surface area contributed by atoms with Gasteiger partial charge in [0.1, 0.15) is 11.5 Å². The zero-order valence-corrected chi connectivity index (χ0v) is 12.9. The zero-order chi connectivity index (χ0) is 16.7. The van der Waals surface area contributed by atoms with Crippen LogP contribution in [-0.4, -0.2) is 26.1 Å². The summed E-state index contributed by atoms with van der Waals surface area (Å²) in [6.07, 6.45) is 0. The monoisotopic (exact) mass is 337 g/mol. The summed E-state index contributed by atoms with van der Waals surface area (Å²) in [7, 11) is 0. The molecule has 6 nitrogen and oxygen atoms in total. The van der Waals surface area contributed by atoms with Crippen molar-refractivity contribution in [3.63, 3.8) is 0 Å². The van der Waals surface area contributed by atoms with Gasteiger partial charge in [-0.15, -0.1) is 0 Å². The number of H-pyrrole nitrogens is 1. The summed E-state index contributed by atoms with van der Waals surface area (Å²) in [5.41, 5.74) is -0.104. The second-order valence-corrected chi connectivity index (χ2v) is 5.52. The number of benzene rings is 1. The van der Waals surface area contributed by atoms with E-state index in [1.165, 1.54) is 22.8 Å². The quantitative estimate of drug-likeness (QED) is 0.761. The summed E-state index contributed by atoms with van der Waals surface area (Å²) in [5, 5.41) is 12.3. The Morgan fingerprint density at radius 3 is 2.70 bits per heavy atom. The molecule has 0 atom stereocenters. The molecule has 0 fully saturated rings. The van der Waals surface area contributed by atoms with Crippen LogP contribution in [0.15, 0.2) is 33.9 Å². The van der Waals surface area contributed by atoms with Gasteiger partial charge in [-0.2, -0.15) is 0 Å². The minimum Gasteiger partial charge on any atom is -0.395 e. The number of aromatic amines is 1. The molecule has 0 saturated carbocycles. The van der Waals surface area contributed by atoms with Crippen LogP contribution in [-0.2, 0) is 6.54 Å². The number of halogens is 2. The fourth-order valence-electron chi connectivity index (χ4n) is 2.62. The molecule has 3 rings (SSSR count). The van der Waals surface area contributed by atoms with Crippen molar-refractivity contribution < 1.29 is 9.50 Å². The molecule has 0 amide bonds. The van der Waals surface area contributed by atoms with Gasteiger partial charge in [-0.1, -0.05) is 11.6 Å². The van der Waals surface area contributed by atoms with Crippen molar-refractivity contribution in [2.24, 2.45) is 0 Å². The third-order valence-corrected chi connectivity index (χ3v) is 3.93. The fraction of sp³-hybridized carbons (Fsp3) is 0.200. The van der Waals surface area contributed by atoms with Crippen LogP contribution in [0.1, 0.15) is 5.69 Å². The van der Waals surface area contributed by atoms with Gasteiger partial charge in [-0.25, -0.2) is 9.07 Å². The molecule has 0 aliphatic heterocycles. The predicted octanol–water partition coefficient (Wildman–Crippen LogP) is 1.57. The van der Waals surface area contributed by atoms with Crippen LogP contribution in [0.5, 0.6) is 0 Å². The molecule has 120 valence electrons. The summed E-state index contributed by atoms with van der Waals surface area (Å²) in [4.78, 5) is 24.7. The van der Waals surface area contributed by atoms with Gasteiger partial charge in [0, 0.05) is 23.3 Å². The highest BCUT2D eigenvalue weighted by Crippen LogP contribution is 2.19. The topological polar surface area (TPSA) is 80.0 Å². The highest BCUT2D eigenvalue weighted by molar-refractivity contribution is 6.30. The Morgan fingerprint density at radius 1 is 1.30 bits per heavy atom. The fourth-order valence-corrected chi connectivity index (χ4v) is 2.78. The minimum absolute atomic E-state index is 0.0103. The van der Waals surface area contributed by atoms with Crippen molar-refractivity contribution in [3.8, 4) is 5.69 Å². The van der Waals surface area contributed by atoms with Crippen molar-refractivity contribution in [3.05, 3.63) is 61.5 Å². The Hall–Kier alpha value is -2.38. The normalized spacial score (nSPS) is 11.3. The Kier molecular flexibility index (Phi) is 3.83. The summed E-state index contributed by atoms with van der Waals surface area (Å²) in [5.74, 6) is -0.658. The van der Waals surface area contributed by atoms with Crippen LogP contribution < -0.4 is 11.1 Å². The van der Waals surface area contributed by atoms with E-state index in [2.05, 4.69) is 5.10 Å². The molecule has 0 spiro atoms. The van der Waals surface area contributed by atoms with Crippen LogP contribution in [0.2, 0.25) is 5.02 Å². The molecule has 0 aliphatic carbocycles. The molecular formula is C15H13ClFN3O3. The van der Waals surface area contributed by atoms with Crippen molar-refractivity contribution >= 4 is 22.5 Å². The lowest BCUT2D eigenvalue weighted by atomic mass is 10.2. The summed E-state index contributed by atoms with van der Waals surface area (Å²) in [6, 6.07) is 5.20. The highest BCUT2D eigenvalue weighted by Gasteiger charge is 2.16. The molecule has 0 radical (unpaired) electrons. The molecule has 0 bridgehead atoms. The van der Waals surface area contributed by atoms with Crippen LogP contribution in [0.25, 0.3) is 16.6 Å². The number of hydrogen-bond acceptors (Lipinski definition) is 3. The maximum atomic E-state index is 14.1. The molecular weight excluding hydrogens is 325 g/mol. The van der Waals surface area contributed by atoms with Crippen molar-refractivity contribution in [1.82, 2.24) is 14.3 Å². The first-order chi connectivity index (χ1) is 10.9. The highest BCUT2D eigenvalue weighted by atomic mass is 35.5. The lowest BCUT2D eigenvalue weighted by Gasteiger charge is -2.07. The first-order valence-electron chi connectivity index (χ1n) is 6.85. The molecule has 23 heavy (non-hydrogen) atoms. The SMILES string of the molecule is Cc1c2c(=O)n(-c3ccc(Cl)cc3F)[nH]c2cc(=O)n1CCO. The first-order valence-corrected chi connectivity index (χ1v) is 7.23. The van der Waals surface area contributed by atoms with E-state index in [1.807, 2.05) is 0 Å². The number of aliphatic hydroxyl groups is 1. The van der Waals surface area contributed by atoms with Crippen molar-refractivity contribution in [1.29, 1.82) is 0 Å². The first kappa shape index (κ1) is 15.5. The van der Waals surface area contributed by atoms with Gasteiger partial charge >= 0.3 is 0 Å². The molecule has 2 heterocycles. The summed E-state index contributed by atoms with van der Waals surface area (Å²) < 4.78 is 16.4. The molecule has 0 saturated heterocycles. The predicted molar refractivity (Wildman–Crippen MR) is 84.9 cm³/mol. The number of rotatable bonds is 3. The van der Waals surface area contributed by atoms with Gasteiger partial charge in [-0.05, 0) is 25.1 Å². The van der Waals surface area contributed by atoms with E-state index < -0.39 is 11.4 Å². The van der Waals surface area contributed by atoms with E-state index in [-0.39, 0.29) is 34.8 Å². The lowest BCUT2D eigenvalue weighted by Crippen LogP contribution is -2.24. The van der Waals surface area contributed by atoms with Gasteiger partial charge < -0.3 is 9.67 Å². The Balaban J connectivity index is 2.33. The number of hydrogen-bond donors (Lipinski definition) is 2. The van der Waals surface area contributed by atoms with Gasteiger partial charge in [0.05, 0.1) is 17.5 Å². The lowest BCUT2D eigenvalue weighted by molar-refractivity contribution is 0.273. The average Bonchev–Trinajstić information content (AvgIpc) is 2.80. The van der Waals surface area contributed by atoms with Gasteiger partial charge in [-0.3, -0.25) is 14.7 Å². The van der Waals surface area contributed by atoms with Gasteiger partial charge in [0.15, 0.2) is 0 Å². The largest absolute Gasteiger partial charge is 0.395 e. The van der Waals surface area contributed by atoms with E-state index in [0.717, 1.165) is 10.7 Å². The van der Waals surface area contributed by atoms with E-state index in [4.69, 9.17) is 16.7 Å². The standard InChI is InChI=1S/C15H13ClFN3O3/c1-8-14-11(7-13(22)19(8)4-5-21)18-20(15(14)23)12-3-2-9(16)6-10(12)17/h2-3,6-7,18,21H,4-5H2,1H3. The second-order valence-electron chi connectivity index (χ2n) is 5.08. The molecule has 2 N–H and O–H groups in total. The molecule has 0 aliphatic rings. The van der Waals surface area contributed by atoms with Crippen LogP contribution in [0.4, 0.5) is 4.39 Å². The molecule has 8 heteroatoms. The minimum atomic E-state index is -0.658. The van der Waals surface area contributed by atoms with E-state index >= 15 is 0 Å². The number of pyridine rings is 1. The number of aromatic nitrogens is 3. The van der Waals surface area contributed by atoms with Gasteiger partial charge in [0.25, 0.3) is 11.1 Å². The number of nitrogens with zero attached hydrogens (tertiary/aromatic N) is 2. The van der Waals surface area contributed by atoms with Crippen molar-refractivity contribution in [2.75, 3.05) is 6.61 Å².